The van der Waals surface area contributed by atoms with Gasteiger partial charge in [0, 0.05) is 47.8 Å². The van der Waals surface area contributed by atoms with Crippen LogP contribution in [-0.4, -0.2) is 35.5 Å². The summed E-state index contributed by atoms with van der Waals surface area (Å²) in [4.78, 5) is 26.9. The lowest BCUT2D eigenvalue weighted by Crippen LogP contribution is -2.44. The first kappa shape index (κ1) is 19.3. The van der Waals surface area contributed by atoms with Crippen molar-refractivity contribution in [3.05, 3.63) is 59.8 Å². The molecule has 0 unspecified atom stereocenters. The highest BCUT2D eigenvalue weighted by Crippen LogP contribution is 2.33. The fraction of sp³-hybridized carbons (Fsp3) is 0.375. The summed E-state index contributed by atoms with van der Waals surface area (Å²) < 4.78 is 0. The number of anilines is 2. The van der Waals surface area contributed by atoms with Gasteiger partial charge in [-0.25, -0.2) is 9.97 Å². The second-order valence-electron chi connectivity index (χ2n) is 8.36. The summed E-state index contributed by atoms with van der Waals surface area (Å²) in [6.45, 7) is 2.41. The highest BCUT2D eigenvalue weighted by molar-refractivity contribution is 6.30. The average Bonchev–Trinajstić information content (AvgIpc) is 3.62. The molecule has 2 fully saturated rings. The molecule has 2 heterocycles. The predicted octanol–water partition coefficient (Wildman–Crippen LogP) is 4.94. The van der Waals surface area contributed by atoms with Gasteiger partial charge in [-0.15, -0.1) is 0 Å². The van der Waals surface area contributed by atoms with Crippen LogP contribution in [0.2, 0.25) is 5.02 Å². The number of hydrogen-bond donors (Lipinski definition) is 0. The third-order valence-corrected chi connectivity index (χ3v) is 6.40. The van der Waals surface area contributed by atoms with Crippen LogP contribution in [0.4, 0.5) is 11.6 Å². The predicted molar refractivity (Wildman–Crippen MR) is 121 cm³/mol. The number of piperidine rings is 1. The first-order valence-electron chi connectivity index (χ1n) is 10.7. The van der Waals surface area contributed by atoms with Gasteiger partial charge in [-0.1, -0.05) is 29.8 Å². The molecular weight excluding hydrogens is 396 g/mol. The van der Waals surface area contributed by atoms with Crippen LogP contribution in [0, 0.1) is 11.8 Å². The normalized spacial score (nSPS) is 17.3. The molecule has 30 heavy (non-hydrogen) atoms. The van der Waals surface area contributed by atoms with E-state index in [0.717, 1.165) is 55.0 Å². The van der Waals surface area contributed by atoms with Crippen molar-refractivity contribution < 1.29 is 4.79 Å². The molecule has 2 aromatic carbocycles. The maximum Gasteiger partial charge on any atom is 0.230 e. The minimum Gasteiger partial charge on any atom is -0.341 e. The van der Waals surface area contributed by atoms with Crippen molar-refractivity contribution in [3.8, 4) is 0 Å². The molecule has 1 saturated carbocycles. The standard InChI is InChI=1S/C24H25ClN4O/c25-20-7-9-21(10-8-20)29(16-17-5-6-17)23(30)18-11-13-28(14-12-18)24-26-15-19-3-1-2-4-22(19)27-24/h1-4,7-10,15,17-18H,5-6,11-14,16H2. The summed E-state index contributed by atoms with van der Waals surface area (Å²) in [6, 6.07) is 15.7. The van der Waals surface area contributed by atoms with E-state index in [1.807, 2.05) is 59.6 Å². The molecule has 0 bridgehead atoms. The van der Waals surface area contributed by atoms with E-state index in [-0.39, 0.29) is 11.8 Å². The van der Waals surface area contributed by atoms with Crippen molar-refractivity contribution in [2.75, 3.05) is 29.4 Å². The Kier molecular flexibility index (Phi) is 5.30. The van der Waals surface area contributed by atoms with Gasteiger partial charge in [0.15, 0.2) is 0 Å². The Bertz CT molecular complexity index is 1040. The first-order valence-corrected chi connectivity index (χ1v) is 11.1. The van der Waals surface area contributed by atoms with Crippen LogP contribution in [0.5, 0.6) is 0 Å². The zero-order valence-electron chi connectivity index (χ0n) is 16.9. The number of hydrogen-bond acceptors (Lipinski definition) is 4. The van der Waals surface area contributed by atoms with Crippen LogP contribution >= 0.6 is 11.6 Å². The van der Waals surface area contributed by atoms with Gasteiger partial charge in [0.2, 0.25) is 11.9 Å². The summed E-state index contributed by atoms with van der Waals surface area (Å²) in [5, 5.41) is 1.74. The molecule has 1 saturated heterocycles. The van der Waals surface area contributed by atoms with E-state index >= 15 is 0 Å². The third kappa shape index (κ3) is 4.12. The quantitative estimate of drug-likeness (QED) is 0.586. The number of fused-ring (bicyclic) bond motifs is 1. The van der Waals surface area contributed by atoms with Gasteiger partial charge in [-0.2, -0.15) is 0 Å². The zero-order valence-corrected chi connectivity index (χ0v) is 17.6. The summed E-state index contributed by atoms with van der Waals surface area (Å²) >= 11 is 6.05. The summed E-state index contributed by atoms with van der Waals surface area (Å²) in [5.41, 5.74) is 1.91. The maximum absolute atomic E-state index is 13.4. The van der Waals surface area contributed by atoms with Gasteiger partial charge in [0.25, 0.3) is 0 Å². The van der Waals surface area contributed by atoms with Crippen molar-refractivity contribution in [2.24, 2.45) is 11.8 Å². The van der Waals surface area contributed by atoms with Gasteiger partial charge >= 0.3 is 0 Å². The first-order chi connectivity index (χ1) is 14.7. The number of para-hydroxylation sites is 1. The van der Waals surface area contributed by atoms with E-state index in [0.29, 0.717) is 10.9 Å². The fourth-order valence-corrected chi connectivity index (χ4v) is 4.29. The topological polar surface area (TPSA) is 49.3 Å². The number of carbonyl (C=O) groups excluding carboxylic acids is 1. The molecule has 5 nitrogen and oxygen atoms in total. The monoisotopic (exact) mass is 420 g/mol. The molecule has 6 heteroatoms. The van der Waals surface area contributed by atoms with E-state index in [9.17, 15) is 4.79 Å². The van der Waals surface area contributed by atoms with Crippen LogP contribution in [-0.2, 0) is 4.79 Å². The molecule has 2 aliphatic rings. The van der Waals surface area contributed by atoms with Crippen LogP contribution in [0.15, 0.2) is 54.7 Å². The molecule has 0 atom stereocenters. The Balaban J connectivity index is 1.28. The molecule has 1 aliphatic heterocycles. The lowest BCUT2D eigenvalue weighted by molar-refractivity contribution is -0.123. The van der Waals surface area contributed by atoms with Gasteiger partial charge in [0.1, 0.15) is 0 Å². The van der Waals surface area contributed by atoms with Gasteiger partial charge < -0.3 is 9.80 Å². The molecule has 0 spiro atoms. The number of aromatic nitrogens is 2. The number of rotatable bonds is 5. The molecular formula is C24H25ClN4O. The largest absolute Gasteiger partial charge is 0.341 e. The number of amides is 1. The van der Waals surface area contributed by atoms with Crippen LogP contribution in [0.1, 0.15) is 25.7 Å². The Hall–Kier alpha value is -2.66. The smallest absolute Gasteiger partial charge is 0.230 e. The minimum atomic E-state index is 0.0381. The fourth-order valence-electron chi connectivity index (χ4n) is 4.16. The van der Waals surface area contributed by atoms with Gasteiger partial charge in [-0.05, 0) is 61.9 Å². The van der Waals surface area contributed by atoms with E-state index < -0.39 is 0 Å². The molecule has 1 aliphatic carbocycles. The summed E-state index contributed by atoms with van der Waals surface area (Å²) in [5.74, 6) is 1.67. The van der Waals surface area contributed by atoms with Crippen LogP contribution < -0.4 is 9.80 Å². The lowest BCUT2D eigenvalue weighted by Gasteiger charge is -2.34. The zero-order chi connectivity index (χ0) is 20.5. The van der Waals surface area contributed by atoms with Gasteiger partial charge in [0.05, 0.1) is 5.52 Å². The Morgan fingerprint density at radius 2 is 1.77 bits per heavy atom. The molecule has 0 N–H and O–H groups in total. The highest BCUT2D eigenvalue weighted by Gasteiger charge is 2.33. The Morgan fingerprint density at radius 3 is 2.50 bits per heavy atom. The molecule has 1 aromatic heterocycles. The molecule has 154 valence electrons. The number of benzene rings is 2. The van der Waals surface area contributed by atoms with Gasteiger partial charge in [-0.3, -0.25) is 4.79 Å². The lowest BCUT2D eigenvalue weighted by atomic mass is 9.95. The van der Waals surface area contributed by atoms with E-state index in [4.69, 9.17) is 16.6 Å². The minimum absolute atomic E-state index is 0.0381. The number of halogens is 1. The third-order valence-electron chi connectivity index (χ3n) is 6.15. The van der Waals surface area contributed by atoms with E-state index in [1.165, 1.54) is 12.8 Å². The summed E-state index contributed by atoms with van der Waals surface area (Å²) in [6.07, 6.45) is 5.96. The SMILES string of the molecule is O=C(C1CCN(c2ncc3ccccc3n2)CC1)N(CC1CC1)c1ccc(Cl)cc1. The summed E-state index contributed by atoms with van der Waals surface area (Å²) in [7, 11) is 0. The number of carbonyl (C=O) groups is 1. The Morgan fingerprint density at radius 1 is 1.03 bits per heavy atom. The van der Waals surface area contributed by atoms with Crippen molar-refractivity contribution in [1.29, 1.82) is 0 Å². The van der Waals surface area contributed by atoms with Crippen molar-refractivity contribution in [3.63, 3.8) is 0 Å². The van der Waals surface area contributed by atoms with E-state index in [1.54, 1.807) is 0 Å². The second-order valence-corrected chi connectivity index (χ2v) is 8.80. The van der Waals surface area contributed by atoms with Crippen molar-refractivity contribution in [1.82, 2.24) is 9.97 Å². The number of nitrogens with zero attached hydrogens (tertiary/aromatic N) is 4. The van der Waals surface area contributed by atoms with Crippen molar-refractivity contribution in [2.45, 2.75) is 25.7 Å². The second kappa shape index (κ2) is 8.23. The maximum atomic E-state index is 13.4. The van der Waals surface area contributed by atoms with E-state index in [2.05, 4.69) is 9.88 Å². The van der Waals surface area contributed by atoms with Crippen LogP contribution in [0.3, 0.4) is 0 Å². The molecule has 3 aromatic rings. The Labute approximate surface area is 181 Å². The molecule has 0 radical (unpaired) electrons. The van der Waals surface area contributed by atoms with Crippen LogP contribution in [0.25, 0.3) is 10.9 Å². The highest BCUT2D eigenvalue weighted by atomic mass is 35.5. The molecule has 5 rings (SSSR count). The average molecular weight is 421 g/mol. The molecule has 1 amide bonds. The van der Waals surface area contributed by atoms with Crippen molar-refractivity contribution >= 4 is 40.0 Å².